The minimum Gasteiger partial charge on any atom is -0.494 e. The van der Waals surface area contributed by atoms with Crippen molar-refractivity contribution in [1.29, 1.82) is 0 Å². The second-order valence-electron chi connectivity index (χ2n) is 8.56. The van der Waals surface area contributed by atoms with E-state index >= 15 is 0 Å². The molecule has 186 valence electrons. The maximum atomic E-state index is 12.5. The van der Waals surface area contributed by atoms with Gasteiger partial charge in [-0.1, -0.05) is 77.3 Å². The maximum absolute atomic E-state index is 12.5. The van der Waals surface area contributed by atoms with Crippen LogP contribution in [-0.4, -0.2) is 18.5 Å². The zero-order valence-electron chi connectivity index (χ0n) is 20.6. The largest absolute Gasteiger partial charge is 0.494 e. The van der Waals surface area contributed by atoms with E-state index in [2.05, 4.69) is 6.92 Å². The quantitative estimate of drug-likeness (QED) is 0.144. The van der Waals surface area contributed by atoms with Crippen molar-refractivity contribution in [3.05, 3.63) is 53.1 Å². The molecule has 0 unspecified atom stereocenters. The van der Waals surface area contributed by atoms with Gasteiger partial charge in [-0.25, -0.2) is 4.79 Å². The molecule has 0 heterocycles. The molecular formula is C28H37ClO5. The van der Waals surface area contributed by atoms with E-state index in [0.29, 0.717) is 30.3 Å². The normalized spacial score (nSPS) is 11.6. The third-order valence-corrected chi connectivity index (χ3v) is 6.01. The molecule has 0 saturated heterocycles. The van der Waals surface area contributed by atoms with Crippen LogP contribution in [0.2, 0.25) is 5.02 Å². The second kappa shape index (κ2) is 15.4. The Hall–Kier alpha value is -2.53. The van der Waals surface area contributed by atoms with E-state index in [9.17, 15) is 9.59 Å². The number of carbonyl (C=O) groups excluding carboxylic acids is 2. The highest BCUT2D eigenvalue weighted by Gasteiger charge is 2.15. The fraction of sp³-hybridized carbons (Fsp3) is 0.500. The predicted octanol–water partition coefficient (Wildman–Crippen LogP) is 8.03. The van der Waals surface area contributed by atoms with Crippen LogP contribution in [0.1, 0.15) is 88.9 Å². The van der Waals surface area contributed by atoms with E-state index in [1.165, 1.54) is 38.5 Å². The molecule has 6 heteroatoms. The number of carbonyl (C=O) groups is 2. The van der Waals surface area contributed by atoms with Crippen LogP contribution in [0.25, 0.3) is 0 Å². The molecular weight excluding hydrogens is 452 g/mol. The molecule has 2 aromatic rings. The van der Waals surface area contributed by atoms with Crippen LogP contribution in [0, 0.1) is 5.92 Å². The second-order valence-corrected chi connectivity index (χ2v) is 8.96. The lowest BCUT2D eigenvalue weighted by atomic mass is 10.1. The van der Waals surface area contributed by atoms with Gasteiger partial charge in [0, 0.05) is 0 Å². The minimum absolute atomic E-state index is 0.174. The Morgan fingerprint density at radius 2 is 1.35 bits per heavy atom. The third kappa shape index (κ3) is 9.76. The molecule has 0 aliphatic carbocycles. The molecule has 0 fully saturated rings. The number of esters is 2. The van der Waals surface area contributed by atoms with Gasteiger partial charge in [0.2, 0.25) is 0 Å². The van der Waals surface area contributed by atoms with E-state index in [1.807, 2.05) is 13.8 Å². The monoisotopic (exact) mass is 488 g/mol. The summed E-state index contributed by atoms with van der Waals surface area (Å²) in [5.41, 5.74) is 0.258. The summed E-state index contributed by atoms with van der Waals surface area (Å²) in [6.45, 7) is 6.60. The Bertz CT molecular complexity index is 894. The van der Waals surface area contributed by atoms with Crippen molar-refractivity contribution in [2.45, 2.75) is 78.6 Å². The van der Waals surface area contributed by atoms with Gasteiger partial charge < -0.3 is 14.2 Å². The molecule has 0 N–H and O–H groups in total. The minimum atomic E-state index is -0.566. The molecule has 0 saturated carbocycles. The number of unbranched alkanes of at least 4 members (excludes halogenated alkanes) is 7. The molecule has 0 aliphatic heterocycles. The van der Waals surface area contributed by atoms with Gasteiger partial charge in [0.15, 0.2) is 0 Å². The summed E-state index contributed by atoms with van der Waals surface area (Å²) in [6.07, 6.45) is 10.6. The highest BCUT2D eigenvalue weighted by atomic mass is 35.5. The van der Waals surface area contributed by atoms with Crippen molar-refractivity contribution in [2.75, 3.05) is 6.61 Å². The zero-order chi connectivity index (χ0) is 24.8. The summed E-state index contributed by atoms with van der Waals surface area (Å²) in [7, 11) is 0. The van der Waals surface area contributed by atoms with Crippen molar-refractivity contribution in [3.63, 3.8) is 0 Å². The maximum Gasteiger partial charge on any atom is 0.345 e. The molecule has 0 amide bonds. The molecule has 0 spiro atoms. The lowest BCUT2D eigenvalue weighted by molar-refractivity contribution is -0.138. The molecule has 2 aromatic carbocycles. The first kappa shape index (κ1) is 27.7. The van der Waals surface area contributed by atoms with Crippen LogP contribution >= 0.6 is 11.6 Å². The summed E-state index contributed by atoms with van der Waals surface area (Å²) < 4.78 is 16.5. The van der Waals surface area contributed by atoms with E-state index in [1.54, 1.807) is 42.5 Å². The van der Waals surface area contributed by atoms with Crippen LogP contribution in [0.4, 0.5) is 0 Å². The summed E-state index contributed by atoms with van der Waals surface area (Å²) in [6, 6.07) is 11.3. The molecule has 0 aromatic heterocycles. The van der Waals surface area contributed by atoms with Gasteiger partial charge in [-0.05, 0) is 55.3 Å². The first-order chi connectivity index (χ1) is 16.4. The SMILES string of the molecule is CCCCCCCCCCOc1ccc(C(=O)Oc2ccc(OC(=O)[C@@H](C)CC)cc2)c(Cl)c1. The zero-order valence-corrected chi connectivity index (χ0v) is 21.4. The van der Waals surface area contributed by atoms with Crippen molar-refractivity contribution < 1.29 is 23.8 Å². The Morgan fingerprint density at radius 1 is 0.794 bits per heavy atom. The lowest BCUT2D eigenvalue weighted by Crippen LogP contribution is -2.16. The topological polar surface area (TPSA) is 61.8 Å². The molecule has 1 atom stereocenters. The average Bonchev–Trinajstić information content (AvgIpc) is 2.83. The fourth-order valence-corrected chi connectivity index (χ4v) is 3.55. The van der Waals surface area contributed by atoms with Crippen LogP contribution in [0.3, 0.4) is 0 Å². The number of benzene rings is 2. The summed E-state index contributed by atoms with van der Waals surface area (Å²) in [5.74, 6) is 0.345. The smallest absolute Gasteiger partial charge is 0.345 e. The Kier molecular flexibility index (Phi) is 12.5. The molecule has 34 heavy (non-hydrogen) atoms. The molecule has 0 radical (unpaired) electrons. The van der Waals surface area contributed by atoms with E-state index in [0.717, 1.165) is 12.8 Å². The number of halogens is 1. The first-order valence-corrected chi connectivity index (χ1v) is 12.8. The van der Waals surface area contributed by atoms with Crippen molar-refractivity contribution in [2.24, 2.45) is 5.92 Å². The van der Waals surface area contributed by atoms with Gasteiger partial charge in [0.1, 0.15) is 17.2 Å². The van der Waals surface area contributed by atoms with Crippen LogP contribution < -0.4 is 14.2 Å². The molecule has 2 rings (SSSR count). The highest BCUT2D eigenvalue weighted by Crippen LogP contribution is 2.25. The number of hydrogen-bond donors (Lipinski definition) is 0. The lowest BCUT2D eigenvalue weighted by Gasteiger charge is -2.11. The predicted molar refractivity (Wildman–Crippen MR) is 136 cm³/mol. The average molecular weight is 489 g/mol. The van der Waals surface area contributed by atoms with Gasteiger partial charge >= 0.3 is 11.9 Å². The van der Waals surface area contributed by atoms with Gasteiger partial charge in [0.25, 0.3) is 0 Å². The molecule has 5 nitrogen and oxygen atoms in total. The van der Waals surface area contributed by atoms with Gasteiger partial charge in [-0.15, -0.1) is 0 Å². The Labute approximate surface area is 208 Å². The number of hydrogen-bond acceptors (Lipinski definition) is 5. The standard InChI is InChI=1S/C28H37ClO5/c1-4-6-7-8-9-10-11-12-19-32-24-17-18-25(26(29)20-24)28(31)34-23-15-13-22(14-16-23)33-27(30)21(3)5-2/h13-18,20-21H,4-12,19H2,1-3H3/t21-/m0/s1. The van der Waals surface area contributed by atoms with E-state index in [-0.39, 0.29) is 22.5 Å². The van der Waals surface area contributed by atoms with Crippen molar-refractivity contribution in [1.82, 2.24) is 0 Å². The first-order valence-electron chi connectivity index (χ1n) is 12.4. The fourth-order valence-electron chi connectivity index (χ4n) is 3.30. The number of rotatable bonds is 15. The van der Waals surface area contributed by atoms with Crippen molar-refractivity contribution in [3.8, 4) is 17.2 Å². The molecule has 0 bridgehead atoms. The highest BCUT2D eigenvalue weighted by molar-refractivity contribution is 6.33. The summed E-state index contributed by atoms with van der Waals surface area (Å²) >= 11 is 6.30. The van der Waals surface area contributed by atoms with Crippen LogP contribution in [0.5, 0.6) is 17.2 Å². The van der Waals surface area contributed by atoms with Gasteiger partial charge in [-0.3, -0.25) is 4.79 Å². The van der Waals surface area contributed by atoms with Crippen LogP contribution in [-0.2, 0) is 4.79 Å². The third-order valence-electron chi connectivity index (χ3n) is 5.69. The van der Waals surface area contributed by atoms with Gasteiger partial charge in [-0.2, -0.15) is 0 Å². The Balaban J connectivity index is 1.77. The number of ether oxygens (including phenoxy) is 3. The summed E-state index contributed by atoms with van der Waals surface area (Å²) in [5, 5.41) is 0.275. The molecule has 0 aliphatic rings. The van der Waals surface area contributed by atoms with E-state index < -0.39 is 5.97 Å². The summed E-state index contributed by atoms with van der Waals surface area (Å²) in [4.78, 5) is 24.4. The Morgan fingerprint density at radius 3 is 1.94 bits per heavy atom. The van der Waals surface area contributed by atoms with E-state index in [4.69, 9.17) is 25.8 Å². The van der Waals surface area contributed by atoms with Crippen LogP contribution in [0.15, 0.2) is 42.5 Å². The van der Waals surface area contributed by atoms with Gasteiger partial charge in [0.05, 0.1) is 23.1 Å². The van der Waals surface area contributed by atoms with Crippen molar-refractivity contribution >= 4 is 23.5 Å².